The summed E-state index contributed by atoms with van der Waals surface area (Å²) in [5, 5.41) is 15.4. The lowest BCUT2D eigenvalue weighted by Crippen LogP contribution is -2.14. The number of carbonyl (C=O) groups is 1. The van der Waals surface area contributed by atoms with Gasteiger partial charge in [0.25, 0.3) is 0 Å². The van der Waals surface area contributed by atoms with E-state index in [1.807, 2.05) is 39.8 Å². The van der Waals surface area contributed by atoms with E-state index in [-0.39, 0.29) is 5.91 Å². The molecule has 0 bridgehead atoms. The lowest BCUT2D eigenvalue weighted by Gasteiger charge is -2.11. The molecule has 0 fully saturated rings. The van der Waals surface area contributed by atoms with Gasteiger partial charge in [-0.05, 0) is 62.9 Å². The molecular weight excluding hydrogens is 302 g/mol. The Labute approximate surface area is 140 Å². The molecule has 6 nitrogen and oxygen atoms in total. The van der Waals surface area contributed by atoms with Gasteiger partial charge in [-0.2, -0.15) is 5.10 Å². The number of benzene rings is 1. The van der Waals surface area contributed by atoms with Crippen LogP contribution in [0.3, 0.4) is 0 Å². The van der Waals surface area contributed by atoms with E-state index >= 15 is 0 Å². The van der Waals surface area contributed by atoms with Crippen LogP contribution in [-0.4, -0.2) is 25.7 Å². The maximum absolute atomic E-state index is 12.3. The molecule has 0 saturated carbocycles. The van der Waals surface area contributed by atoms with Crippen molar-refractivity contribution in [3.8, 4) is 0 Å². The Balaban J connectivity index is 1.72. The Hall–Kier alpha value is -2.76. The molecule has 3 rings (SSSR count). The molecule has 2 heterocycles. The van der Waals surface area contributed by atoms with E-state index < -0.39 is 0 Å². The van der Waals surface area contributed by atoms with Crippen LogP contribution < -0.4 is 5.32 Å². The zero-order valence-corrected chi connectivity index (χ0v) is 14.4. The Morgan fingerprint density at radius 3 is 2.54 bits per heavy atom. The summed E-state index contributed by atoms with van der Waals surface area (Å²) in [4.78, 5) is 12.3. The Morgan fingerprint density at radius 1 is 1.12 bits per heavy atom. The van der Waals surface area contributed by atoms with E-state index in [4.69, 9.17) is 0 Å². The van der Waals surface area contributed by atoms with Gasteiger partial charge in [0, 0.05) is 17.7 Å². The predicted molar refractivity (Wildman–Crippen MR) is 93.1 cm³/mol. The number of anilines is 1. The van der Waals surface area contributed by atoms with Crippen LogP contribution in [0.5, 0.6) is 0 Å². The fourth-order valence-corrected chi connectivity index (χ4v) is 3.06. The summed E-state index contributed by atoms with van der Waals surface area (Å²) in [7, 11) is 0. The molecule has 3 aromatic rings. The number of rotatable bonds is 4. The van der Waals surface area contributed by atoms with Crippen LogP contribution >= 0.6 is 0 Å². The molecule has 6 heteroatoms. The summed E-state index contributed by atoms with van der Waals surface area (Å²) in [5.74, 6) is 0.000130. The first-order valence-corrected chi connectivity index (χ1v) is 7.98. The van der Waals surface area contributed by atoms with Crippen molar-refractivity contribution in [2.75, 3.05) is 5.32 Å². The highest BCUT2D eigenvalue weighted by atomic mass is 16.1. The van der Waals surface area contributed by atoms with E-state index in [1.54, 1.807) is 10.8 Å². The second-order valence-corrected chi connectivity index (χ2v) is 6.21. The largest absolute Gasteiger partial charge is 0.326 e. The van der Waals surface area contributed by atoms with Gasteiger partial charge in [-0.25, -0.2) is 4.52 Å². The van der Waals surface area contributed by atoms with Crippen molar-refractivity contribution in [3.63, 3.8) is 0 Å². The number of hydrogen-bond donors (Lipinski definition) is 1. The van der Waals surface area contributed by atoms with Gasteiger partial charge in [-0.3, -0.25) is 4.79 Å². The first-order chi connectivity index (χ1) is 11.4. The van der Waals surface area contributed by atoms with Crippen molar-refractivity contribution in [2.24, 2.45) is 0 Å². The van der Waals surface area contributed by atoms with Gasteiger partial charge in [0.1, 0.15) is 6.33 Å². The molecule has 124 valence electrons. The van der Waals surface area contributed by atoms with E-state index in [1.165, 1.54) is 0 Å². The van der Waals surface area contributed by atoms with Gasteiger partial charge in [-0.15, -0.1) is 10.2 Å². The van der Waals surface area contributed by atoms with Crippen molar-refractivity contribution in [2.45, 2.75) is 40.5 Å². The SMILES string of the molecule is Cc1cc(C)cc(NC(=O)CCc2c(C)nn3cnnc3c2C)c1. The topological polar surface area (TPSA) is 72.2 Å². The zero-order chi connectivity index (χ0) is 17.3. The molecule has 24 heavy (non-hydrogen) atoms. The van der Waals surface area contributed by atoms with Crippen LogP contribution in [0.4, 0.5) is 5.69 Å². The fraction of sp³-hybridized carbons (Fsp3) is 0.333. The summed E-state index contributed by atoms with van der Waals surface area (Å²) in [6.07, 6.45) is 2.62. The lowest BCUT2D eigenvalue weighted by molar-refractivity contribution is -0.116. The highest BCUT2D eigenvalue weighted by molar-refractivity contribution is 5.91. The molecule has 1 N–H and O–H groups in total. The van der Waals surface area contributed by atoms with Crippen molar-refractivity contribution < 1.29 is 4.79 Å². The highest BCUT2D eigenvalue weighted by Crippen LogP contribution is 2.18. The Bertz CT molecular complexity index is 893. The van der Waals surface area contributed by atoms with E-state index in [2.05, 4.69) is 26.7 Å². The quantitative estimate of drug-likeness (QED) is 0.801. The number of nitrogens with one attached hydrogen (secondary N) is 1. The second-order valence-electron chi connectivity index (χ2n) is 6.21. The fourth-order valence-electron chi connectivity index (χ4n) is 3.06. The number of amides is 1. The number of aryl methyl sites for hydroxylation is 4. The average molecular weight is 323 g/mol. The Kier molecular flexibility index (Phi) is 4.29. The van der Waals surface area contributed by atoms with Gasteiger partial charge in [0.2, 0.25) is 5.91 Å². The van der Waals surface area contributed by atoms with Crippen molar-refractivity contribution in [3.05, 3.63) is 52.5 Å². The number of carbonyl (C=O) groups excluding carboxylic acids is 1. The molecule has 0 aliphatic rings. The summed E-state index contributed by atoms with van der Waals surface area (Å²) in [5.41, 5.74) is 6.85. The summed E-state index contributed by atoms with van der Waals surface area (Å²) < 4.78 is 1.67. The summed E-state index contributed by atoms with van der Waals surface area (Å²) in [6, 6.07) is 6.04. The third-order valence-corrected chi connectivity index (χ3v) is 4.12. The number of aromatic nitrogens is 4. The van der Waals surface area contributed by atoms with Gasteiger partial charge in [0.05, 0.1) is 5.69 Å². The van der Waals surface area contributed by atoms with Crippen LogP contribution in [0.25, 0.3) is 5.65 Å². The van der Waals surface area contributed by atoms with Gasteiger partial charge >= 0.3 is 0 Å². The molecule has 0 spiro atoms. The third kappa shape index (κ3) is 3.27. The lowest BCUT2D eigenvalue weighted by atomic mass is 10.0. The monoisotopic (exact) mass is 323 g/mol. The molecule has 0 atom stereocenters. The normalized spacial score (nSPS) is 11.0. The first kappa shape index (κ1) is 16.1. The molecule has 0 radical (unpaired) electrons. The highest BCUT2D eigenvalue weighted by Gasteiger charge is 2.13. The van der Waals surface area contributed by atoms with E-state index in [0.29, 0.717) is 12.8 Å². The standard InChI is InChI=1S/C18H21N5O/c1-11-7-12(2)9-15(8-11)20-17(24)6-5-16-13(3)18-21-19-10-23(18)22-14(16)4/h7-10H,5-6H2,1-4H3,(H,20,24). The van der Waals surface area contributed by atoms with E-state index in [0.717, 1.165) is 39.3 Å². The molecule has 1 amide bonds. The third-order valence-electron chi connectivity index (χ3n) is 4.12. The molecule has 0 aliphatic heterocycles. The molecular formula is C18H21N5O. The van der Waals surface area contributed by atoms with Crippen molar-refractivity contribution in [1.82, 2.24) is 19.8 Å². The minimum atomic E-state index is 0.000130. The van der Waals surface area contributed by atoms with Crippen LogP contribution in [0, 0.1) is 27.7 Å². The van der Waals surface area contributed by atoms with Crippen LogP contribution in [0.1, 0.15) is 34.4 Å². The van der Waals surface area contributed by atoms with Gasteiger partial charge in [0.15, 0.2) is 5.65 Å². The van der Waals surface area contributed by atoms with Gasteiger partial charge < -0.3 is 5.32 Å². The van der Waals surface area contributed by atoms with Crippen LogP contribution in [-0.2, 0) is 11.2 Å². The molecule has 0 saturated heterocycles. The predicted octanol–water partition coefficient (Wildman–Crippen LogP) is 2.93. The number of nitrogens with zero attached hydrogens (tertiary/aromatic N) is 4. The minimum absolute atomic E-state index is 0.000130. The summed E-state index contributed by atoms with van der Waals surface area (Å²) in [6.45, 7) is 7.99. The summed E-state index contributed by atoms with van der Waals surface area (Å²) >= 11 is 0. The maximum atomic E-state index is 12.3. The maximum Gasteiger partial charge on any atom is 0.224 e. The van der Waals surface area contributed by atoms with Crippen molar-refractivity contribution >= 4 is 17.2 Å². The van der Waals surface area contributed by atoms with Crippen LogP contribution in [0.2, 0.25) is 0 Å². The first-order valence-electron chi connectivity index (χ1n) is 7.98. The number of fused-ring (bicyclic) bond motifs is 1. The van der Waals surface area contributed by atoms with Crippen LogP contribution in [0.15, 0.2) is 24.5 Å². The molecule has 2 aromatic heterocycles. The average Bonchev–Trinajstić information content (AvgIpc) is 2.94. The van der Waals surface area contributed by atoms with Gasteiger partial charge in [-0.1, -0.05) is 6.07 Å². The second kappa shape index (κ2) is 6.39. The van der Waals surface area contributed by atoms with Crippen molar-refractivity contribution in [1.29, 1.82) is 0 Å². The Morgan fingerprint density at radius 2 is 1.83 bits per heavy atom. The zero-order valence-electron chi connectivity index (χ0n) is 14.4. The molecule has 0 unspecified atom stereocenters. The molecule has 1 aromatic carbocycles. The molecule has 0 aliphatic carbocycles. The number of hydrogen-bond acceptors (Lipinski definition) is 4. The van der Waals surface area contributed by atoms with E-state index in [9.17, 15) is 4.79 Å². The smallest absolute Gasteiger partial charge is 0.224 e. The minimum Gasteiger partial charge on any atom is -0.326 e.